The van der Waals surface area contributed by atoms with Crippen molar-refractivity contribution in [2.24, 2.45) is 0 Å². The van der Waals surface area contributed by atoms with Crippen molar-refractivity contribution in [1.29, 1.82) is 0 Å². The van der Waals surface area contributed by atoms with E-state index in [4.69, 9.17) is 9.47 Å². The fourth-order valence-corrected chi connectivity index (χ4v) is 3.10. The summed E-state index contributed by atoms with van der Waals surface area (Å²) in [5, 5.41) is 3.01. The van der Waals surface area contributed by atoms with Crippen molar-refractivity contribution in [1.82, 2.24) is 5.32 Å². The minimum absolute atomic E-state index is 0.100. The van der Waals surface area contributed by atoms with Gasteiger partial charge in [-0.25, -0.2) is 4.39 Å². The summed E-state index contributed by atoms with van der Waals surface area (Å²) >= 11 is 0. The number of carbonyl (C=O) groups excluding carboxylic acids is 1. The number of carbonyl (C=O) groups is 1. The minimum Gasteiger partial charge on any atom is -0.381 e. The normalized spacial score (nSPS) is 18.4. The molecule has 0 spiro atoms. The van der Waals surface area contributed by atoms with Gasteiger partial charge in [-0.1, -0.05) is 19.1 Å². The number of benzene rings is 1. The molecule has 1 amide bonds. The third-order valence-corrected chi connectivity index (χ3v) is 4.52. The summed E-state index contributed by atoms with van der Waals surface area (Å²) in [4.78, 5) is 12.3. The van der Waals surface area contributed by atoms with Crippen molar-refractivity contribution in [2.75, 3.05) is 26.4 Å². The van der Waals surface area contributed by atoms with Crippen molar-refractivity contribution < 1.29 is 18.7 Å². The fraction of sp³-hybridized carbons (Fsp3) is 0.611. The minimum atomic E-state index is -0.426. The summed E-state index contributed by atoms with van der Waals surface area (Å²) in [5.41, 5.74) is 0.645. The van der Waals surface area contributed by atoms with Crippen LogP contribution in [-0.4, -0.2) is 38.4 Å². The summed E-state index contributed by atoms with van der Waals surface area (Å²) in [6, 6.07) is 6.66. The molecule has 0 aromatic heterocycles. The molecule has 5 heteroatoms. The lowest BCUT2D eigenvalue weighted by molar-refractivity contribution is -0.133. The Kier molecular flexibility index (Phi) is 6.54. The molecular formula is C18H26FNO3. The first-order valence-electron chi connectivity index (χ1n) is 8.34. The Morgan fingerprint density at radius 1 is 1.39 bits per heavy atom. The Bertz CT molecular complexity index is 515. The van der Waals surface area contributed by atoms with Gasteiger partial charge in [-0.3, -0.25) is 4.79 Å². The molecule has 1 aliphatic heterocycles. The first-order valence-corrected chi connectivity index (χ1v) is 8.34. The Morgan fingerprint density at radius 2 is 2.13 bits per heavy atom. The number of nitrogens with one attached hydrogen (secondary N) is 1. The quantitative estimate of drug-likeness (QED) is 0.839. The molecule has 0 saturated carbocycles. The van der Waals surface area contributed by atoms with E-state index in [1.54, 1.807) is 12.1 Å². The van der Waals surface area contributed by atoms with Crippen molar-refractivity contribution in [2.45, 2.75) is 44.6 Å². The van der Waals surface area contributed by atoms with Crippen LogP contribution in [0.25, 0.3) is 0 Å². The number of halogens is 1. The van der Waals surface area contributed by atoms with Crippen LogP contribution in [0, 0.1) is 5.82 Å². The van der Waals surface area contributed by atoms with Gasteiger partial charge in [0.05, 0.1) is 0 Å². The van der Waals surface area contributed by atoms with Crippen LogP contribution in [0.4, 0.5) is 4.39 Å². The first kappa shape index (κ1) is 17.9. The van der Waals surface area contributed by atoms with Gasteiger partial charge in [0, 0.05) is 31.8 Å². The van der Waals surface area contributed by atoms with Gasteiger partial charge in [0.2, 0.25) is 5.91 Å². The van der Waals surface area contributed by atoms with Crippen LogP contribution in [0.2, 0.25) is 0 Å². The van der Waals surface area contributed by atoms with Crippen LogP contribution in [0.15, 0.2) is 24.3 Å². The molecular weight excluding hydrogens is 297 g/mol. The van der Waals surface area contributed by atoms with Crippen LogP contribution in [0.3, 0.4) is 0 Å². The maximum absolute atomic E-state index is 13.6. The standard InChI is InChI=1S/C18H26FNO3/c1-3-16(23-4-2)17(21)20-13-18(8-10-22-11-9-18)14-6-5-7-15(19)12-14/h5-7,12,16H,3-4,8-11,13H2,1-2H3,(H,20,21). The zero-order valence-corrected chi connectivity index (χ0v) is 13.9. The fourth-order valence-electron chi connectivity index (χ4n) is 3.10. The SMILES string of the molecule is CCOC(CC)C(=O)NCC1(c2cccc(F)c2)CCOCC1. The summed E-state index contributed by atoms with van der Waals surface area (Å²) < 4.78 is 24.5. The molecule has 0 aliphatic carbocycles. The lowest BCUT2D eigenvalue weighted by atomic mass is 9.74. The molecule has 1 N–H and O–H groups in total. The lowest BCUT2D eigenvalue weighted by Gasteiger charge is -2.38. The predicted molar refractivity (Wildman–Crippen MR) is 86.8 cm³/mol. The van der Waals surface area contributed by atoms with Crippen molar-refractivity contribution >= 4 is 5.91 Å². The highest BCUT2D eigenvalue weighted by Gasteiger charge is 2.35. The maximum Gasteiger partial charge on any atom is 0.249 e. The lowest BCUT2D eigenvalue weighted by Crippen LogP contribution is -2.47. The van der Waals surface area contributed by atoms with Gasteiger partial charge in [0.25, 0.3) is 0 Å². The van der Waals surface area contributed by atoms with Crippen LogP contribution in [0.1, 0.15) is 38.7 Å². The molecule has 1 atom stereocenters. The molecule has 1 aliphatic rings. The van der Waals surface area contributed by atoms with Gasteiger partial charge in [0.15, 0.2) is 0 Å². The topological polar surface area (TPSA) is 47.6 Å². The van der Waals surface area contributed by atoms with Crippen LogP contribution >= 0.6 is 0 Å². The third kappa shape index (κ3) is 4.52. The zero-order chi connectivity index (χ0) is 16.7. The second-order valence-corrected chi connectivity index (χ2v) is 5.97. The average Bonchev–Trinajstić information content (AvgIpc) is 2.58. The molecule has 2 rings (SSSR count). The molecule has 1 aromatic rings. The highest BCUT2D eigenvalue weighted by Crippen LogP contribution is 2.34. The van der Waals surface area contributed by atoms with E-state index in [2.05, 4.69) is 5.32 Å². The van der Waals surface area contributed by atoms with Crippen molar-refractivity contribution in [3.05, 3.63) is 35.6 Å². The number of hydrogen-bond donors (Lipinski definition) is 1. The van der Waals surface area contributed by atoms with Gasteiger partial charge < -0.3 is 14.8 Å². The third-order valence-electron chi connectivity index (χ3n) is 4.52. The number of ether oxygens (including phenoxy) is 2. The Hall–Kier alpha value is -1.46. The maximum atomic E-state index is 13.6. The molecule has 0 radical (unpaired) electrons. The molecule has 4 nitrogen and oxygen atoms in total. The molecule has 1 heterocycles. The van der Waals surface area contributed by atoms with E-state index < -0.39 is 6.10 Å². The van der Waals surface area contributed by atoms with E-state index in [1.165, 1.54) is 6.07 Å². The monoisotopic (exact) mass is 323 g/mol. The smallest absolute Gasteiger partial charge is 0.249 e. The van der Waals surface area contributed by atoms with Crippen LogP contribution < -0.4 is 5.32 Å². The number of hydrogen-bond acceptors (Lipinski definition) is 3. The first-order chi connectivity index (χ1) is 11.1. The van der Waals surface area contributed by atoms with Crippen molar-refractivity contribution in [3.8, 4) is 0 Å². The number of rotatable bonds is 7. The Balaban J connectivity index is 2.11. The molecule has 128 valence electrons. The van der Waals surface area contributed by atoms with E-state index >= 15 is 0 Å². The summed E-state index contributed by atoms with van der Waals surface area (Å²) in [5.74, 6) is -0.350. The molecule has 1 saturated heterocycles. The van der Waals surface area contributed by atoms with Crippen molar-refractivity contribution in [3.63, 3.8) is 0 Å². The predicted octanol–water partition coefficient (Wildman–Crippen LogP) is 2.81. The average molecular weight is 323 g/mol. The highest BCUT2D eigenvalue weighted by molar-refractivity contribution is 5.80. The summed E-state index contributed by atoms with van der Waals surface area (Å²) in [6.07, 6.45) is 1.74. The highest BCUT2D eigenvalue weighted by atomic mass is 19.1. The van der Waals surface area contributed by atoms with Crippen LogP contribution in [-0.2, 0) is 19.7 Å². The Morgan fingerprint density at radius 3 is 2.74 bits per heavy atom. The molecule has 1 unspecified atom stereocenters. The zero-order valence-electron chi connectivity index (χ0n) is 13.9. The van der Waals surface area contributed by atoms with Gasteiger partial charge in [0.1, 0.15) is 11.9 Å². The van der Waals surface area contributed by atoms with Gasteiger partial charge in [-0.2, -0.15) is 0 Å². The Labute approximate surface area is 137 Å². The largest absolute Gasteiger partial charge is 0.381 e. The van der Waals surface area contributed by atoms with E-state index in [1.807, 2.05) is 19.9 Å². The summed E-state index contributed by atoms with van der Waals surface area (Å²) in [6.45, 7) is 6.03. The van der Waals surface area contributed by atoms with E-state index in [0.29, 0.717) is 32.8 Å². The second-order valence-electron chi connectivity index (χ2n) is 5.97. The van der Waals surface area contributed by atoms with Gasteiger partial charge in [-0.05, 0) is 43.9 Å². The van der Waals surface area contributed by atoms with Gasteiger partial charge in [-0.15, -0.1) is 0 Å². The van der Waals surface area contributed by atoms with E-state index in [0.717, 1.165) is 18.4 Å². The number of amides is 1. The van der Waals surface area contributed by atoms with E-state index in [9.17, 15) is 9.18 Å². The van der Waals surface area contributed by atoms with Gasteiger partial charge >= 0.3 is 0 Å². The summed E-state index contributed by atoms with van der Waals surface area (Å²) in [7, 11) is 0. The molecule has 1 fully saturated rings. The molecule has 0 bridgehead atoms. The van der Waals surface area contributed by atoms with Crippen LogP contribution in [0.5, 0.6) is 0 Å². The molecule has 23 heavy (non-hydrogen) atoms. The second kappa shape index (κ2) is 8.41. The van der Waals surface area contributed by atoms with E-state index in [-0.39, 0.29) is 17.1 Å². The molecule has 1 aromatic carbocycles.